The average Bonchev–Trinajstić information content (AvgIpc) is 3.06. The molecule has 3 heterocycles. The van der Waals surface area contributed by atoms with Gasteiger partial charge >= 0.3 is 6.03 Å². The Balaban J connectivity index is 1.73. The van der Waals surface area contributed by atoms with Gasteiger partial charge in [-0.1, -0.05) is 27.7 Å². The number of thioether (sulfide) groups is 1. The zero-order chi connectivity index (χ0) is 16.6. The van der Waals surface area contributed by atoms with Crippen LogP contribution in [0.2, 0.25) is 0 Å². The highest BCUT2D eigenvalue weighted by atomic mass is 32.2. The Hall–Kier alpha value is -1.24. The monoisotopic (exact) mass is 337 g/mol. The molecule has 0 radical (unpaired) electrons. The molecule has 0 bridgehead atoms. The zero-order valence-electron chi connectivity index (χ0n) is 14.5. The van der Waals surface area contributed by atoms with Gasteiger partial charge in [0.15, 0.2) is 5.82 Å². The Kier molecular flexibility index (Phi) is 4.85. The van der Waals surface area contributed by atoms with Crippen molar-refractivity contribution in [2.75, 3.05) is 13.1 Å². The lowest BCUT2D eigenvalue weighted by atomic mass is 10.0. The maximum atomic E-state index is 12.7. The summed E-state index contributed by atoms with van der Waals surface area (Å²) < 4.78 is 2.18. The van der Waals surface area contributed by atoms with Gasteiger partial charge in [-0.2, -0.15) is 11.8 Å². The van der Waals surface area contributed by atoms with Crippen molar-refractivity contribution in [3.8, 4) is 0 Å². The Morgan fingerprint density at radius 3 is 2.61 bits per heavy atom. The van der Waals surface area contributed by atoms with Gasteiger partial charge in [0.05, 0.1) is 6.04 Å². The fourth-order valence-corrected chi connectivity index (χ4v) is 4.83. The van der Waals surface area contributed by atoms with Gasteiger partial charge in [0.25, 0.3) is 0 Å². The third-order valence-electron chi connectivity index (χ3n) is 4.57. The molecule has 3 atom stereocenters. The van der Waals surface area contributed by atoms with Gasteiger partial charge in [0, 0.05) is 36.6 Å². The second-order valence-electron chi connectivity index (χ2n) is 7.06. The average molecular weight is 337 g/mol. The minimum Gasteiger partial charge on any atom is -0.328 e. The van der Waals surface area contributed by atoms with Crippen LogP contribution in [0.3, 0.4) is 0 Å². The highest BCUT2D eigenvalue weighted by molar-refractivity contribution is 8.00. The molecule has 0 aromatic carbocycles. The van der Waals surface area contributed by atoms with Crippen molar-refractivity contribution < 1.29 is 4.79 Å². The number of amides is 2. The van der Waals surface area contributed by atoms with Crippen LogP contribution >= 0.6 is 11.8 Å². The van der Waals surface area contributed by atoms with Crippen LogP contribution in [-0.4, -0.2) is 49.3 Å². The van der Waals surface area contributed by atoms with Crippen LogP contribution in [0.15, 0.2) is 0 Å². The number of hydrogen-bond acceptors (Lipinski definition) is 4. The molecule has 3 rings (SSSR count). The minimum absolute atomic E-state index is 0.0260. The van der Waals surface area contributed by atoms with Gasteiger partial charge < -0.3 is 14.8 Å². The highest BCUT2D eigenvalue weighted by Gasteiger charge is 2.31. The molecule has 0 saturated carbocycles. The summed E-state index contributed by atoms with van der Waals surface area (Å²) in [6.07, 6.45) is 2.11. The highest BCUT2D eigenvalue weighted by Crippen LogP contribution is 2.27. The number of carbonyl (C=O) groups excluding carboxylic acids is 1. The molecular formula is C16H27N5OS. The molecule has 1 aromatic heterocycles. The minimum atomic E-state index is -0.0814. The molecule has 0 aliphatic carbocycles. The van der Waals surface area contributed by atoms with Crippen molar-refractivity contribution >= 4 is 17.8 Å². The van der Waals surface area contributed by atoms with Crippen molar-refractivity contribution in [1.82, 2.24) is 25.0 Å². The summed E-state index contributed by atoms with van der Waals surface area (Å²) in [6, 6.07) is -0.0555. The summed E-state index contributed by atoms with van der Waals surface area (Å²) in [5.41, 5.74) is 0. The molecule has 2 amide bonds. The number of rotatable bonds is 3. The quantitative estimate of drug-likeness (QED) is 0.920. The Morgan fingerprint density at radius 1 is 1.26 bits per heavy atom. The van der Waals surface area contributed by atoms with E-state index in [1.54, 1.807) is 0 Å². The topological polar surface area (TPSA) is 63.1 Å². The third-order valence-corrected chi connectivity index (χ3v) is 5.80. The lowest BCUT2D eigenvalue weighted by Crippen LogP contribution is -2.50. The van der Waals surface area contributed by atoms with Crippen LogP contribution in [0, 0.1) is 5.92 Å². The van der Waals surface area contributed by atoms with Crippen molar-refractivity contribution in [3.05, 3.63) is 11.6 Å². The molecule has 23 heavy (non-hydrogen) atoms. The molecule has 128 valence electrons. The summed E-state index contributed by atoms with van der Waals surface area (Å²) in [6.45, 7) is 11.2. The second kappa shape index (κ2) is 6.71. The Labute approximate surface area is 142 Å². The van der Waals surface area contributed by atoms with E-state index in [0.29, 0.717) is 10.5 Å². The van der Waals surface area contributed by atoms with E-state index in [-0.39, 0.29) is 18.0 Å². The normalized spacial score (nSPS) is 25.5. The van der Waals surface area contributed by atoms with Crippen molar-refractivity contribution in [3.63, 3.8) is 0 Å². The first-order valence-electron chi connectivity index (χ1n) is 8.58. The number of fused-ring (bicyclic) bond motifs is 1. The molecule has 2 aliphatic heterocycles. The lowest BCUT2D eigenvalue weighted by molar-refractivity contribution is 0.188. The molecule has 1 aromatic rings. The molecule has 6 nitrogen and oxygen atoms in total. The van der Waals surface area contributed by atoms with Gasteiger partial charge in [-0.15, -0.1) is 10.2 Å². The summed E-state index contributed by atoms with van der Waals surface area (Å²) in [5.74, 6) is 2.24. The molecule has 1 saturated heterocycles. The molecule has 1 fully saturated rings. The number of carbonyl (C=O) groups is 1. The fourth-order valence-electron chi connectivity index (χ4n) is 3.50. The van der Waals surface area contributed by atoms with Crippen LogP contribution in [0.5, 0.6) is 0 Å². The van der Waals surface area contributed by atoms with Crippen molar-refractivity contribution in [1.29, 1.82) is 0 Å². The molecule has 0 spiro atoms. The van der Waals surface area contributed by atoms with Crippen LogP contribution < -0.4 is 5.32 Å². The Morgan fingerprint density at radius 2 is 1.96 bits per heavy atom. The smallest absolute Gasteiger partial charge is 0.318 e. The van der Waals surface area contributed by atoms with Gasteiger partial charge in [-0.25, -0.2) is 4.79 Å². The summed E-state index contributed by atoms with van der Waals surface area (Å²) in [5, 5.41) is 12.8. The molecule has 1 N–H and O–H groups in total. The summed E-state index contributed by atoms with van der Waals surface area (Å²) in [4.78, 5) is 14.7. The van der Waals surface area contributed by atoms with Crippen molar-refractivity contribution in [2.45, 2.75) is 63.6 Å². The van der Waals surface area contributed by atoms with Gasteiger partial charge in [0.2, 0.25) is 0 Å². The van der Waals surface area contributed by atoms with Crippen LogP contribution in [0.1, 0.15) is 51.8 Å². The second-order valence-corrected chi connectivity index (χ2v) is 8.94. The van der Waals surface area contributed by atoms with E-state index in [2.05, 4.69) is 47.8 Å². The predicted molar refractivity (Wildman–Crippen MR) is 92.5 cm³/mol. The summed E-state index contributed by atoms with van der Waals surface area (Å²) in [7, 11) is 0. The molecular weight excluding hydrogens is 310 g/mol. The first kappa shape index (κ1) is 16.6. The lowest BCUT2D eigenvalue weighted by Gasteiger charge is -2.36. The van der Waals surface area contributed by atoms with Gasteiger partial charge in [-0.3, -0.25) is 0 Å². The number of aryl methyl sites for hydroxylation is 1. The number of urea groups is 1. The largest absolute Gasteiger partial charge is 0.328 e. The van der Waals surface area contributed by atoms with E-state index in [1.807, 2.05) is 16.7 Å². The van der Waals surface area contributed by atoms with Crippen LogP contribution in [0.4, 0.5) is 4.79 Å². The molecule has 2 aliphatic rings. The fraction of sp³-hybridized carbons (Fsp3) is 0.812. The van der Waals surface area contributed by atoms with E-state index in [4.69, 9.17) is 0 Å². The predicted octanol–water partition coefficient (Wildman–Crippen LogP) is 2.46. The van der Waals surface area contributed by atoms with Crippen LogP contribution in [0.25, 0.3) is 0 Å². The number of nitrogens with one attached hydrogen (secondary N) is 1. The number of aromatic nitrogens is 3. The van der Waals surface area contributed by atoms with E-state index >= 15 is 0 Å². The van der Waals surface area contributed by atoms with E-state index in [0.717, 1.165) is 44.1 Å². The standard InChI is InChI=1S/C16H27N5OS/c1-10(2)14(15-19-18-13-6-5-7-21(13)15)17-16(22)20-8-11(3)23-12(4)9-20/h10-12,14H,5-9H2,1-4H3,(H,17,22)/t11-,12-,14-/m1/s1. The van der Waals surface area contributed by atoms with Crippen molar-refractivity contribution in [2.24, 2.45) is 5.92 Å². The van der Waals surface area contributed by atoms with Crippen LogP contribution in [-0.2, 0) is 13.0 Å². The van der Waals surface area contributed by atoms with E-state index in [1.165, 1.54) is 0 Å². The maximum absolute atomic E-state index is 12.7. The SMILES string of the molecule is CC(C)[C@@H](NC(=O)N1C[C@@H](C)S[C@H](C)C1)c1nnc2n1CCC2. The zero-order valence-corrected chi connectivity index (χ0v) is 15.3. The van der Waals surface area contributed by atoms with Gasteiger partial charge in [0.1, 0.15) is 5.82 Å². The number of nitrogens with zero attached hydrogens (tertiary/aromatic N) is 4. The first-order chi connectivity index (χ1) is 11.0. The Bertz CT molecular complexity index is 563. The summed E-state index contributed by atoms with van der Waals surface area (Å²) >= 11 is 1.95. The van der Waals surface area contributed by atoms with Gasteiger partial charge in [-0.05, 0) is 12.3 Å². The van der Waals surface area contributed by atoms with E-state index in [9.17, 15) is 4.79 Å². The first-order valence-corrected chi connectivity index (χ1v) is 9.53. The third kappa shape index (κ3) is 3.49. The molecule has 7 heteroatoms. The maximum Gasteiger partial charge on any atom is 0.318 e. The molecule has 0 unspecified atom stereocenters. The number of hydrogen-bond donors (Lipinski definition) is 1. The van der Waals surface area contributed by atoms with E-state index < -0.39 is 0 Å².